The molecule has 3 aromatic carbocycles. The molecule has 0 atom stereocenters. The molecular formula is C24H20N2O4. The largest absolute Gasteiger partial charge is 0.497 e. The van der Waals surface area contributed by atoms with E-state index in [0.717, 1.165) is 11.1 Å². The molecule has 30 heavy (non-hydrogen) atoms. The first kappa shape index (κ1) is 19.4. The highest BCUT2D eigenvalue weighted by atomic mass is 16.5. The zero-order valence-corrected chi connectivity index (χ0v) is 16.9. The summed E-state index contributed by atoms with van der Waals surface area (Å²) >= 11 is 0. The molecule has 0 radical (unpaired) electrons. The third kappa shape index (κ3) is 3.55. The molecule has 0 fully saturated rings. The second-order valence-corrected chi connectivity index (χ2v) is 6.86. The van der Waals surface area contributed by atoms with Gasteiger partial charge in [-0.2, -0.15) is 0 Å². The number of esters is 1. The first-order chi connectivity index (χ1) is 14.5. The van der Waals surface area contributed by atoms with Gasteiger partial charge in [0.25, 0.3) is 5.56 Å². The molecule has 0 spiro atoms. The Balaban J connectivity index is 1.97. The highest BCUT2D eigenvalue weighted by molar-refractivity contribution is 5.83. The summed E-state index contributed by atoms with van der Waals surface area (Å²) in [6.07, 6.45) is 0. The lowest BCUT2D eigenvalue weighted by molar-refractivity contribution is -0.131. The molecule has 0 amide bonds. The molecule has 1 heterocycles. The van der Waals surface area contributed by atoms with E-state index in [9.17, 15) is 9.59 Å². The number of ether oxygens (including phenoxy) is 2. The van der Waals surface area contributed by atoms with Gasteiger partial charge in [-0.3, -0.25) is 14.2 Å². The number of hydrogen-bond donors (Lipinski definition) is 0. The van der Waals surface area contributed by atoms with Crippen LogP contribution in [0.2, 0.25) is 0 Å². The molecule has 4 aromatic rings. The first-order valence-corrected chi connectivity index (χ1v) is 9.43. The molecule has 6 nitrogen and oxygen atoms in total. The van der Waals surface area contributed by atoms with Crippen molar-refractivity contribution in [2.24, 2.45) is 0 Å². The minimum Gasteiger partial charge on any atom is -0.497 e. The Morgan fingerprint density at radius 2 is 1.60 bits per heavy atom. The van der Waals surface area contributed by atoms with E-state index in [1.165, 1.54) is 6.92 Å². The SMILES string of the molecule is COc1ccc(-n2c(-c3ccc(OC(C)=O)cc3)nc3cccc(C)c3c2=O)cc1. The molecule has 0 aliphatic rings. The monoisotopic (exact) mass is 400 g/mol. The number of fused-ring (bicyclic) bond motifs is 1. The lowest BCUT2D eigenvalue weighted by Crippen LogP contribution is -2.22. The quantitative estimate of drug-likeness (QED) is 0.377. The fourth-order valence-electron chi connectivity index (χ4n) is 3.40. The van der Waals surface area contributed by atoms with Crippen molar-refractivity contribution < 1.29 is 14.3 Å². The molecule has 150 valence electrons. The molecule has 0 aliphatic carbocycles. The number of methoxy groups -OCH3 is 1. The fraction of sp³-hybridized carbons (Fsp3) is 0.125. The van der Waals surface area contributed by atoms with Crippen LogP contribution >= 0.6 is 0 Å². The van der Waals surface area contributed by atoms with Crippen LogP contribution < -0.4 is 15.0 Å². The average molecular weight is 400 g/mol. The first-order valence-electron chi connectivity index (χ1n) is 9.43. The molecule has 0 unspecified atom stereocenters. The number of nitrogens with zero attached hydrogens (tertiary/aromatic N) is 2. The summed E-state index contributed by atoms with van der Waals surface area (Å²) in [7, 11) is 1.60. The lowest BCUT2D eigenvalue weighted by Gasteiger charge is -2.15. The number of rotatable bonds is 4. The zero-order chi connectivity index (χ0) is 21.3. The Labute approximate surface area is 173 Å². The number of hydrogen-bond acceptors (Lipinski definition) is 5. The Morgan fingerprint density at radius 3 is 2.23 bits per heavy atom. The summed E-state index contributed by atoms with van der Waals surface area (Å²) in [5.41, 5.74) is 2.75. The highest BCUT2D eigenvalue weighted by Crippen LogP contribution is 2.26. The number of carbonyl (C=O) groups excluding carboxylic acids is 1. The van der Waals surface area contributed by atoms with Crippen LogP contribution in [0.1, 0.15) is 12.5 Å². The Kier molecular flexibility index (Phi) is 5.06. The summed E-state index contributed by atoms with van der Waals surface area (Å²) in [6, 6.07) is 19.8. The van der Waals surface area contributed by atoms with Gasteiger partial charge >= 0.3 is 5.97 Å². The van der Waals surface area contributed by atoms with Gasteiger partial charge in [-0.1, -0.05) is 12.1 Å². The van der Waals surface area contributed by atoms with Crippen molar-refractivity contribution in [2.75, 3.05) is 7.11 Å². The standard InChI is InChI=1S/C24H20N2O4/c1-15-5-4-6-21-22(15)24(28)26(18-9-13-19(29-3)14-10-18)23(25-21)17-7-11-20(12-8-17)30-16(2)27/h4-14H,1-3H3. The second-order valence-electron chi connectivity index (χ2n) is 6.86. The predicted molar refractivity (Wildman–Crippen MR) is 115 cm³/mol. The smallest absolute Gasteiger partial charge is 0.308 e. The summed E-state index contributed by atoms with van der Waals surface area (Å²) in [5, 5.41) is 0.577. The van der Waals surface area contributed by atoms with E-state index in [0.29, 0.717) is 33.9 Å². The average Bonchev–Trinajstić information content (AvgIpc) is 2.74. The van der Waals surface area contributed by atoms with Crippen LogP contribution in [0.15, 0.2) is 71.5 Å². The van der Waals surface area contributed by atoms with Crippen LogP contribution in [0.4, 0.5) is 0 Å². The molecule has 0 saturated heterocycles. The van der Waals surface area contributed by atoms with E-state index in [1.807, 2.05) is 37.3 Å². The molecule has 1 aromatic heterocycles. The van der Waals surface area contributed by atoms with Crippen LogP contribution in [-0.4, -0.2) is 22.6 Å². The molecule has 4 rings (SSSR count). The van der Waals surface area contributed by atoms with Crippen molar-refractivity contribution in [3.8, 4) is 28.6 Å². The summed E-state index contributed by atoms with van der Waals surface area (Å²) in [5.74, 6) is 1.24. The zero-order valence-electron chi connectivity index (χ0n) is 16.9. The van der Waals surface area contributed by atoms with Gasteiger partial charge in [-0.05, 0) is 67.1 Å². The minimum atomic E-state index is -0.391. The Hall–Kier alpha value is -3.93. The third-order valence-corrected chi connectivity index (χ3v) is 4.81. The van der Waals surface area contributed by atoms with E-state index < -0.39 is 5.97 Å². The van der Waals surface area contributed by atoms with E-state index in [1.54, 1.807) is 48.1 Å². The predicted octanol–water partition coefficient (Wildman–Crippen LogP) is 4.30. The van der Waals surface area contributed by atoms with Gasteiger partial charge in [0.1, 0.15) is 17.3 Å². The van der Waals surface area contributed by atoms with Crippen LogP contribution in [0.5, 0.6) is 11.5 Å². The minimum absolute atomic E-state index is 0.151. The van der Waals surface area contributed by atoms with Crippen molar-refractivity contribution in [3.05, 3.63) is 82.6 Å². The Morgan fingerprint density at radius 1 is 0.933 bits per heavy atom. The van der Waals surface area contributed by atoms with Gasteiger partial charge < -0.3 is 9.47 Å². The summed E-state index contributed by atoms with van der Waals surface area (Å²) < 4.78 is 11.9. The molecule has 6 heteroatoms. The van der Waals surface area contributed by atoms with Crippen LogP contribution in [0.25, 0.3) is 28.0 Å². The molecular weight excluding hydrogens is 380 g/mol. The second kappa shape index (κ2) is 7.83. The van der Waals surface area contributed by atoms with Crippen molar-refractivity contribution in [1.29, 1.82) is 0 Å². The van der Waals surface area contributed by atoms with E-state index in [2.05, 4.69) is 0 Å². The summed E-state index contributed by atoms with van der Waals surface area (Å²) in [6.45, 7) is 3.25. The molecule has 0 bridgehead atoms. The van der Waals surface area contributed by atoms with Gasteiger partial charge in [-0.15, -0.1) is 0 Å². The van der Waals surface area contributed by atoms with E-state index >= 15 is 0 Å². The highest BCUT2D eigenvalue weighted by Gasteiger charge is 2.16. The maximum absolute atomic E-state index is 13.5. The van der Waals surface area contributed by atoms with Crippen molar-refractivity contribution in [2.45, 2.75) is 13.8 Å². The van der Waals surface area contributed by atoms with Crippen molar-refractivity contribution in [1.82, 2.24) is 9.55 Å². The third-order valence-electron chi connectivity index (χ3n) is 4.81. The number of benzene rings is 3. The number of aryl methyl sites for hydroxylation is 1. The van der Waals surface area contributed by atoms with Crippen molar-refractivity contribution in [3.63, 3.8) is 0 Å². The normalized spacial score (nSPS) is 10.8. The molecule has 0 aliphatic heterocycles. The van der Waals surface area contributed by atoms with Gasteiger partial charge in [0.15, 0.2) is 0 Å². The Bertz CT molecular complexity index is 1290. The fourth-order valence-corrected chi connectivity index (χ4v) is 3.40. The van der Waals surface area contributed by atoms with Gasteiger partial charge in [0, 0.05) is 12.5 Å². The van der Waals surface area contributed by atoms with Gasteiger partial charge in [-0.25, -0.2) is 4.98 Å². The van der Waals surface area contributed by atoms with E-state index in [4.69, 9.17) is 14.5 Å². The number of carbonyl (C=O) groups is 1. The topological polar surface area (TPSA) is 70.4 Å². The molecule has 0 saturated carbocycles. The maximum Gasteiger partial charge on any atom is 0.308 e. The lowest BCUT2D eigenvalue weighted by atomic mass is 10.1. The van der Waals surface area contributed by atoms with Crippen molar-refractivity contribution >= 4 is 16.9 Å². The van der Waals surface area contributed by atoms with Crippen LogP contribution in [-0.2, 0) is 4.79 Å². The van der Waals surface area contributed by atoms with Crippen LogP contribution in [0, 0.1) is 6.92 Å². The number of aromatic nitrogens is 2. The maximum atomic E-state index is 13.5. The van der Waals surface area contributed by atoms with Gasteiger partial charge in [0.05, 0.1) is 23.7 Å². The van der Waals surface area contributed by atoms with E-state index in [-0.39, 0.29) is 5.56 Å². The van der Waals surface area contributed by atoms with Gasteiger partial charge in [0.2, 0.25) is 0 Å². The summed E-state index contributed by atoms with van der Waals surface area (Å²) in [4.78, 5) is 29.5. The van der Waals surface area contributed by atoms with Crippen LogP contribution in [0.3, 0.4) is 0 Å². The molecule has 0 N–H and O–H groups in total.